The quantitative estimate of drug-likeness (QED) is 0.353. The highest BCUT2D eigenvalue weighted by Gasteiger charge is 2.34. The number of pyridine rings is 1. The highest BCUT2D eigenvalue weighted by Crippen LogP contribution is 2.24. The maximum absolute atomic E-state index is 13.9. The Bertz CT molecular complexity index is 1370. The molecule has 192 valence electrons. The van der Waals surface area contributed by atoms with Crippen LogP contribution < -0.4 is 5.32 Å². The molecule has 4 rings (SSSR count). The van der Waals surface area contributed by atoms with E-state index in [2.05, 4.69) is 26.7 Å². The first-order valence-corrected chi connectivity index (χ1v) is 12.6. The van der Waals surface area contributed by atoms with Crippen LogP contribution in [0.2, 0.25) is 0 Å². The van der Waals surface area contributed by atoms with E-state index in [4.69, 9.17) is 0 Å². The molecule has 0 saturated carbocycles. The van der Waals surface area contributed by atoms with Gasteiger partial charge in [0.25, 0.3) is 0 Å². The van der Waals surface area contributed by atoms with Crippen molar-refractivity contribution in [3.63, 3.8) is 0 Å². The van der Waals surface area contributed by atoms with Gasteiger partial charge in [0.2, 0.25) is 11.8 Å². The highest BCUT2D eigenvalue weighted by atomic mass is 16.2. The minimum absolute atomic E-state index is 0.0322. The van der Waals surface area contributed by atoms with E-state index in [1.165, 1.54) is 0 Å². The number of carbonyl (C=O) groups is 2. The van der Waals surface area contributed by atoms with Gasteiger partial charge in [-0.05, 0) is 57.4 Å². The molecular formula is C29H34N6O2. The van der Waals surface area contributed by atoms with Gasteiger partial charge in [0.1, 0.15) is 18.1 Å². The van der Waals surface area contributed by atoms with E-state index in [9.17, 15) is 9.59 Å². The Balaban J connectivity index is 1.70. The molecule has 0 aliphatic heterocycles. The Kier molecular flexibility index (Phi) is 7.96. The smallest absolute Gasteiger partial charge is 0.247 e. The lowest BCUT2D eigenvalue weighted by Crippen LogP contribution is -2.51. The van der Waals surface area contributed by atoms with Crippen molar-refractivity contribution in [1.29, 1.82) is 0 Å². The van der Waals surface area contributed by atoms with Crippen molar-refractivity contribution in [2.45, 2.75) is 58.7 Å². The first-order valence-electron chi connectivity index (χ1n) is 12.6. The standard InChI is InChI=1S/C29H34N6O2/c1-5-29(3,4)31-28(37)27(23-12-9-16-30-19-23)34(17-15-22-11-8-10-21(2)18-22)26(36)20-35-25-14-7-6-13-24(25)32-33-35/h6-14,16,18-19,27H,5,15,17,20H2,1-4H3,(H,31,37). The van der Waals surface area contributed by atoms with Gasteiger partial charge in [-0.15, -0.1) is 5.10 Å². The van der Waals surface area contributed by atoms with E-state index in [1.54, 1.807) is 28.0 Å². The molecule has 2 aromatic carbocycles. The van der Waals surface area contributed by atoms with Gasteiger partial charge >= 0.3 is 0 Å². The molecule has 0 fully saturated rings. The van der Waals surface area contributed by atoms with Gasteiger partial charge in [-0.3, -0.25) is 14.6 Å². The fourth-order valence-electron chi connectivity index (χ4n) is 4.27. The van der Waals surface area contributed by atoms with Gasteiger partial charge in [-0.1, -0.05) is 60.2 Å². The largest absolute Gasteiger partial charge is 0.349 e. The number of nitrogens with one attached hydrogen (secondary N) is 1. The first-order chi connectivity index (χ1) is 17.8. The van der Waals surface area contributed by atoms with Gasteiger partial charge in [0.15, 0.2) is 0 Å². The summed E-state index contributed by atoms with van der Waals surface area (Å²) in [5.74, 6) is -0.456. The van der Waals surface area contributed by atoms with Crippen molar-refractivity contribution in [2.24, 2.45) is 0 Å². The predicted molar refractivity (Wildman–Crippen MR) is 144 cm³/mol. The fourth-order valence-corrected chi connectivity index (χ4v) is 4.27. The molecule has 0 saturated heterocycles. The average Bonchev–Trinajstić information content (AvgIpc) is 3.29. The molecule has 2 aromatic heterocycles. The second kappa shape index (κ2) is 11.3. The number of para-hydroxylation sites is 1. The van der Waals surface area contributed by atoms with E-state index in [-0.39, 0.29) is 18.4 Å². The van der Waals surface area contributed by atoms with Crippen LogP contribution in [0, 0.1) is 6.92 Å². The lowest BCUT2D eigenvalue weighted by Gasteiger charge is -2.34. The number of fused-ring (bicyclic) bond motifs is 1. The second-order valence-corrected chi connectivity index (χ2v) is 9.98. The molecule has 2 heterocycles. The summed E-state index contributed by atoms with van der Waals surface area (Å²) in [6.45, 7) is 8.35. The average molecular weight is 499 g/mol. The summed E-state index contributed by atoms with van der Waals surface area (Å²) in [4.78, 5) is 33.6. The molecule has 37 heavy (non-hydrogen) atoms. The molecule has 0 aliphatic carbocycles. The van der Waals surface area contributed by atoms with E-state index in [0.29, 0.717) is 24.0 Å². The van der Waals surface area contributed by atoms with Crippen molar-refractivity contribution in [2.75, 3.05) is 6.54 Å². The number of hydrogen-bond acceptors (Lipinski definition) is 5. The number of aryl methyl sites for hydroxylation is 1. The van der Waals surface area contributed by atoms with Gasteiger partial charge in [-0.2, -0.15) is 0 Å². The minimum atomic E-state index is -0.841. The summed E-state index contributed by atoms with van der Waals surface area (Å²) >= 11 is 0. The lowest BCUT2D eigenvalue weighted by atomic mass is 9.99. The van der Waals surface area contributed by atoms with E-state index < -0.39 is 11.6 Å². The molecule has 8 nitrogen and oxygen atoms in total. The summed E-state index contributed by atoms with van der Waals surface area (Å²) < 4.78 is 1.59. The molecule has 0 radical (unpaired) electrons. The van der Waals surface area contributed by atoms with E-state index in [1.807, 2.05) is 76.2 Å². The number of carbonyl (C=O) groups excluding carboxylic acids is 2. The number of benzene rings is 2. The lowest BCUT2D eigenvalue weighted by molar-refractivity contribution is -0.142. The Morgan fingerprint density at radius 3 is 2.62 bits per heavy atom. The van der Waals surface area contributed by atoms with Crippen LogP contribution in [0.1, 0.15) is 49.9 Å². The third kappa shape index (κ3) is 6.39. The van der Waals surface area contributed by atoms with E-state index in [0.717, 1.165) is 23.1 Å². The second-order valence-electron chi connectivity index (χ2n) is 9.98. The van der Waals surface area contributed by atoms with Crippen molar-refractivity contribution >= 4 is 22.8 Å². The monoisotopic (exact) mass is 498 g/mol. The van der Waals surface area contributed by atoms with Gasteiger partial charge < -0.3 is 10.2 Å². The zero-order chi connectivity index (χ0) is 26.4. The van der Waals surface area contributed by atoms with Gasteiger partial charge in [0.05, 0.1) is 5.52 Å². The highest BCUT2D eigenvalue weighted by molar-refractivity contribution is 5.89. The maximum atomic E-state index is 13.9. The summed E-state index contributed by atoms with van der Waals surface area (Å²) in [5, 5.41) is 11.5. The Labute approximate surface area is 217 Å². The minimum Gasteiger partial charge on any atom is -0.349 e. The summed E-state index contributed by atoms with van der Waals surface area (Å²) in [6.07, 6.45) is 4.67. The Morgan fingerprint density at radius 2 is 1.89 bits per heavy atom. The third-order valence-electron chi connectivity index (χ3n) is 6.66. The Hall–Kier alpha value is -4.07. The normalized spacial score (nSPS) is 12.3. The molecule has 0 bridgehead atoms. The predicted octanol–water partition coefficient (Wildman–Crippen LogP) is 4.25. The third-order valence-corrected chi connectivity index (χ3v) is 6.66. The number of aromatic nitrogens is 4. The number of hydrogen-bond donors (Lipinski definition) is 1. The van der Waals surface area contributed by atoms with Crippen LogP contribution in [0.3, 0.4) is 0 Å². The van der Waals surface area contributed by atoms with Crippen LogP contribution in [0.25, 0.3) is 11.0 Å². The van der Waals surface area contributed by atoms with Crippen LogP contribution in [0.4, 0.5) is 0 Å². The van der Waals surface area contributed by atoms with Crippen LogP contribution in [0.15, 0.2) is 73.1 Å². The molecule has 8 heteroatoms. The number of amides is 2. The molecule has 2 amide bonds. The molecule has 0 spiro atoms. The first kappa shape index (κ1) is 26.0. The molecule has 1 N–H and O–H groups in total. The van der Waals surface area contributed by atoms with Gasteiger partial charge in [0, 0.05) is 30.0 Å². The fraction of sp³-hybridized carbons (Fsp3) is 0.345. The van der Waals surface area contributed by atoms with Crippen LogP contribution in [-0.4, -0.2) is 48.8 Å². The zero-order valence-electron chi connectivity index (χ0n) is 21.9. The topological polar surface area (TPSA) is 93.0 Å². The van der Waals surface area contributed by atoms with E-state index >= 15 is 0 Å². The Morgan fingerprint density at radius 1 is 1.08 bits per heavy atom. The maximum Gasteiger partial charge on any atom is 0.247 e. The summed E-state index contributed by atoms with van der Waals surface area (Å²) in [7, 11) is 0. The number of nitrogens with zero attached hydrogens (tertiary/aromatic N) is 5. The molecular weight excluding hydrogens is 464 g/mol. The van der Waals surface area contributed by atoms with Crippen LogP contribution in [-0.2, 0) is 22.6 Å². The summed E-state index contributed by atoms with van der Waals surface area (Å²) in [5.41, 5.74) is 3.97. The van der Waals surface area contributed by atoms with Crippen molar-refractivity contribution in [3.05, 3.63) is 89.7 Å². The van der Waals surface area contributed by atoms with Crippen molar-refractivity contribution < 1.29 is 9.59 Å². The van der Waals surface area contributed by atoms with Crippen LogP contribution >= 0.6 is 0 Å². The molecule has 1 atom stereocenters. The van der Waals surface area contributed by atoms with Crippen molar-refractivity contribution in [3.8, 4) is 0 Å². The molecule has 0 aliphatic rings. The van der Waals surface area contributed by atoms with Gasteiger partial charge in [-0.25, -0.2) is 4.68 Å². The van der Waals surface area contributed by atoms with Crippen LogP contribution in [0.5, 0.6) is 0 Å². The van der Waals surface area contributed by atoms with Crippen molar-refractivity contribution in [1.82, 2.24) is 30.2 Å². The summed E-state index contributed by atoms with van der Waals surface area (Å²) in [6, 6.07) is 18.5. The number of rotatable bonds is 10. The SMILES string of the molecule is CCC(C)(C)NC(=O)C(c1cccnc1)N(CCc1cccc(C)c1)C(=O)Cn1nnc2ccccc21. The molecule has 1 unspecified atom stereocenters. The molecule has 4 aromatic rings. The zero-order valence-corrected chi connectivity index (χ0v) is 21.9.